The lowest BCUT2D eigenvalue weighted by Crippen LogP contribution is -2.44. The molecule has 1 aliphatic rings. The number of benzene rings is 1. The molecule has 3 rings (SSSR count). The summed E-state index contributed by atoms with van der Waals surface area (Å²) >= 11 is 0. The molecule has 0 atom stereocenters. The highest BCUT2D eigenvalue weighted by atomic mass is 16.3. The van der Waals surface area contributed by atoms with Gasteiger partial charge in [0.1, 0.15) is 5.82 Å². The van der Waals surface area contributed by atoms with Crippen LogP contribution in [0.4, 0.5) is 5.82 Å². The van der Waals surface area contributed by atoms with Gasteiger partial charge < -0.3 is 14.9 Å². The van der Waals surface area contributed by atoms with Crippen LogP contribution < -0.4 is 4.90 Å². The van der Waals surface area contributed by atoms with Crippen LogP contribution in [0, 0.1) is 0 Å². The van der Waals surface area contributed by atoms with E-state index >= 15 is 0 Å². The number of aliphatic hydroxyl groups excluding tert-OH is 1. The van der Waals surface area contributed by atoms with Crippen molar-refractivity contribution in [3.8, 4) is 0 Å². The van der Waals surface area contributed by atoms with E-state index in [1.54, 1.807) is 0 Å². The number of hydrogen-bond donors (Lipinski definition) is 1. The SMILES string of the molecule is CN(CCO)C1CCN(c2ccc3ccccc3n2)CC1. The molecule has 0 radical (unpaired) electrons. The third kappa shape index (κ3) is 3.17. The van der Waals surface area contributed by atoms with Gasteiger partial charge in [-0.1, -0.05) is 18.2 Å². The second-order valence-electron chi connectivity index (χ2n) is 5.78. The predicted molar refractivity (Wildman–Crippen MR) is 86.7 cm³/mol. The van der Waals surface area contributed by atoms with Crippen molar-refractivity contribution in [2.75, 3.05) is 38.2 Å². The van der Waals surface area contributed by atoms with Gasteiger partial charge in [0.15, 0.2) is 0 Å². The lowest BCUT2D eigenvalue weighted by Gasteiger charge is -2.37. The number of hydrogen-bond acceptors (Lipinski definition) is 4. The molecule has 4 nitrogen and oxygen atoms in total. The van der Waals surface area contributed by atoms with E-state index < -0.39 is 0 Å². The fraction of sp³-hybridized carbons (Fsp3) is 0.471. The largest absolute Gasteiger partial charge is 0.395 e. The van der Waals surface area contributed by atoms with E-state index in [0.717, 1.165) is 43.8 Å². The monoisotopic (exact) mass is 285 g/mol. The van der Waals surface area contributed by atoms with Crippen LogP contribution in [0.1, 0.15) is 12.8 Å². The number of likely N-dealkylation sites (N-methyl/N-ethyl adjacent to an activating group) is 1. The van der Waals surface area contributed by atoms with Crippen LogP contribution in [0.15, 0.2) is 36.4 Å². The molecule has 0 unspecified atom stereocenters. The Labute approximate surface area is 126 Å². The van der Waals surface area contributed by atoms with E-state index in [1.165, 1.54) is 5.39 Å². The number of nitrogens with zero attached hydrogens (tertiary/aromatic N) is 3. The average molecular weight is 285 g/mol. The number of aromatic nitrogens is 1. The smallest absolute Gasteiger partial charge is 0.129 e. The van der Waals surface area contributed by atoms with Crippen LogP contribution in [0.2, 0.25) is 0 Å². The van der Waals surface area contributed by atoms with E-state index in [4.69, 9.17) is 10.1 Å². The molecule has 1 aliphatic heterocycles. The first kappa shape index (κ1) is 14.3. The molecule has 0 spiro atoms. The standard InChI is InChI=1S/C17H23N3O/c1-19(12-13-21)15-8-10-20(11-9-15)17-7-6-14-4-2-3-5-16(14)18-17/h2-7,15,21H,8-13H2,1H3. The molecule has 0 bridgehead atoms. The Hall–Kier alpha value is -1.65. The van der Waals surface area contributed by atoms with Crippen LogP contribution in [0.5, 0.6) is 0 Å². The minimum absolute atomic E-state index is 0.239. The van der Waals surface area contributed by atoms with Gasteiger partial charge in [0.25, 0.3) is 0 Å². The zero-order chi connectivity index (χ0) is 14.7. The number of pyridine rings is 1. The highest BCUT2D eigenvalue weighted by Gasteiger charge is 2.22. The Morgan fingerprint density at radius 3 is 2.71 bits per heavy atom. The maximum absolute atomic E-state index is 9.04. The summed E-state index contributed by atoms with van der Waals surface area (Å²) in [6.45, 7) is 3.07. The van der Waals surface area contributed by atoms with Gasteiger partial charge in [-0.2, -0.15) is 0 Å². The van der Waals surface area contributed by atoms with Gasteiger partial charge >= 0.3 is 0 Å². The van der Waals surface area contributed by atoms with Crippen molar-refractivity contribution in [2.45, 2.75) is 18.9 Å². The molecular formula is C17H23N3O. The molecule has 1 N–H and O–H groups in total. The summed E-state index contributed by atoms with van der Waals surface area (Å²) in [6.07, 6.45) is 2.26. The second kappa shape index (κ2) is 6.41. The van der Waals surface area contributed by atoms with E-state index in [-0.39, 0.29) is 6.61 Å². The maximum atomic E-state index is 9.04. The summed E-state index contributed by atoms with van der Waals surface area (Å²) in [5.41, 5.74) is 1.06. The minimum atomic E-state index is 0.239. The van der Waals surface area contributed by atoms with E-state index in [9.17, 15) is 0 Å². The van der Waals surface area contributed by atoms with Gasteiger partial charge in [0.05, 0.1) is 12.1 Å². The summed E-state index contributed by atoms with van der Waals surface area (Å²) in [5.74, 6) is 1.08. The lowest BCUT2D eigenvalue weighted by molar-refractivity contribution is 0.161. The van der Waals surface area contributed by atoms with Crippen molar-refractivity contribution < 1.29 is 5.11 Å². The fourth-order valence-electron chi connectivity index (χ4n) is 3.11. The normalized spacial score (nSPS) is 16.8. The molecular weight excluding hydrogens is 262 g/mol. The Balaban J connectivity index is 1.68. The fourth-order valence-corrected chi connectivity index (χ4v) is 3.11. The Bertz CT molecular complexity index is 593. The number of fused-ring (bicyclic) bond motifs is 1. The van der Waals surface area contributed by atoms with Crippen molar-refractivity contribution in [3.05, 3.63) is 36.4 Å². The zero-order valence-corrected chi connectivity index (χ0v) is 12.6. The van der Waals surface area contributed by atoms with E-state index in [0.29, 0.717) is 6.04 Å². The molecule has 4 heteroatoms. The first-order chi connectivity index (χ1) is 10.3. The first-order valence-electron chi connectivity index (χ1n) is 7.70. The summed E-state index contributed by atoms with van der Waals surface area (Å²) in [5, 5.41) is 10.2. The van der Waals surface area contributed by atoms with Gasteiger partial charge in [-0.05, 0) is 38.1 Å². The molecule has 1 fully saturated rings. The number of rotatable bonds is 4. The van der Waals surface area contributed by atoms with Gasteiger partial charge in [0, 0.05) is 31.1 Å². The van der Waals surface area contributed by atoms with Crippen LogP contribution in [0.3, 0.4) is 0 Å². The van der Waals surface area contributed by atoms with Gasteiger partial charge in [0.2, 0.25) is 0 Å². The van der Waals surface area contributed by atoms with Crippen LogP contribution in [-0.4, -0.2) is 54.3 Å². The average Bonchev–Trinajstić information content (AvgIpc) is 2.55. The molecule has 0 saturated carbocycles. The second-order valence-corrected chi connectivity index (χ2v) is 5.78. The zero-order valence-electron chi connectivity index (χ0n) is 12.6. The van der Waals surface area contributed by atoms with Crippen molar-refractivity contribution in [1.82, 2.24) is 9.88 Å². The molecule has 112 valence electrons. The van der Waals surface area contributed by atoms with Crippen LogP contribution in [-0.2, 0) is 0 Å². The summed E-state index contributed by atoms with van der Waals surface area (Å²) in [6, 6.07) is 13.1. The predicted octanol–water partition coefficient (Wildman–Crippen LogP) is 2.13. The van der Waals surface area contributed by atoms with E-state index in [2.05, 4.69) is 41.1 Å². The molecule has 0 amide bonds. The third-order valence-electron chi connectivity index (χ3n) is 4.45. The minimum Gasteiger partial charge on any atom is -0.395 e. The van der Waals surface area contributed by atoms with Crippen LogP contribution in [0.25, 0.3) is 10.9 Å². The lowest BCUT2D eigenvalue weighted by atomic mass is 10.0. The molecule has 2 heterocycles. The highest BCUT2D eigenvalue weighted by Crippen LogP contribution is 2.22. The Morgan fingerprint density at radius 1 is 1.19 bits per heavy atom. The van der Waals surface area contributed by atoms with Gasteiger partial charge in [-0.3, -0.25) is 0 Å². The molecule has 0 aliphatic carbocycles. The number of anilines is 1. The number of piperidine rings is 1. The van der Waals surface area contributed by atoms with Crippen molar-refractivity contribution >= 4 is 16.7 Å². The third-order valence-corrected chi connectivity index (χ3v) is 4.45. The van der Waals surface area contributed by atoms with Crippen molar-refractivity contribution in [2.24, 2.45) is 0 Å². The maximum Gasteiger partial charge on any atom is 0.129 e. The van der Waals surface area contributed by atoms with Crippen molar-refractivity contribution in [1.29, 1.82) is 0 Å². The molecule has 1 saturated heterocycles. The topological polar surface area (TPSA) is 39.6 Å². The summed E-state index contributed by atoms with van der Waals surface area (Å²) < 4.78 is 0. The van der Waals surface area contributed by atoms with Crippen LogP contribution >= 0.6 is 0 Å². The molecule has 21 heavy (non-hydrogen) atoms. The number of para-hydroxylation sites is 1. The highest BCUT2D eigenvalue weighted by molar-refractivity contribution is 5.80. The summed E-state index contributed by atoms with van der Waals surface area (Å²) in [4.78, 5) is 9.42. The van der Waals surface area contributed by atoms with E-state index in [1.807, 2.05) is 12.1 Å². The van der Waals surface area contributed by atoms with Crippen molar-refractivity contribution in [3.63, 3.8) is 0 Å². The molecule has 2 aromatic rings. The Kier molecular flexibility index (Phi) is 4.36. The summed E-state index contributed by atoms with van der Waals surface area (Å²) in [7, 11) is 2.10. The van der Waals surface area contributed by atoms with Gasteiger partial charge in [-0.25, -0.2) is 4.98 Å². The first-order valence-corrected chi connectivity index (χ1v) is 7.70. The number of aliphatic hydroxyl groups is 1. The molecule has 1 aromatic carbocycles. The quantitative estimate of drug-likeness (QED) is 0.934. The van der Waals surface area contributed by atoms with Gasteiger partial charge in [-0.15, -0.1) is 0 Å². The molecule has 1 aromatic heterocycles. The Morgan fingerprint density at radius 2 is 1.95 bits per heavy atom.